The number of ether oxygens (including phenoxy) is 2. The highest BCUT2D eigenvalue weighted by Gasteiger charge is 2.81. The van der Waals surface area contributed by atoms with Crippen LogP contribution in [0.2, 0.25) is 0 Å². The number of hydrogen-bond donors (Lipinski definition) is 2. The Morgan fingerprint density at radius 3 is 2.79 bits per heavy atom. The van der Waals surface area contributed by atoms with Crippen molar-refractivity contribution in [3.8, 4) is 17.7 Å². The molecule has 2 spiro atoms. The van der Waals surface area contributed by atoms with Crippen molar-refractivity contribution in [3.63, 3.8) is 0 Å². The van der Waals surface area contributed by atoms with Gasteiger partial charge in [0.05, 0.1) is 5.60 Å². The number of likely N-dealkylation sites (tertiary alicyclic amines) is 1. The summed E-state index contributed by atoms with van der Waals surface area (Å²) in [6, 6.07) is 3.83. The van der Waals surface area contributed by atoms with Crippen molar-refractivity contribution >= 4 is 0 Å². The number of fused-ring (bicyclic) bond motifs is 2. The summed E-state index contributed by atoms with van der Waals surface area (Å²) in [5.74, 6) is 0.695. The summed E-state index contributed by atoms with van der Waals surface area (Å²) in [7, 11) is 1.74. The first-order valence-electron chi connectivity index (χ1n) is 10.7. The van der Waals surface area contributed by atoms with Crippen molar-refractivity contribution in [3.05, 3.63) is 23.3 Å². The summed E-state index contributed by atoms with van der Waals surface area (Å²) < 4.78 is 12.9. The number of piperidine rings is 1. The molecule has 0 amide bonds. The summed E-state index contributed by atoms with van der Waals surface area (Å²) in [6.45, 7) is 4.44. The topological polar surface area (TPSA) is 86.0 Å². The predicted molar refractivity (Wildman–Crippen MR) is 104 cm³/mol. The molecule has 6 aliphatic rings. The molecule has 2 heterocycles. The number of methoxy groups -OCH3 is 1. The third kappa shape index (κ3) is 1.66. The van der Waals surface area contributed by atoms with Gasteiger partial charge in [0.2, 0.25) is 0 Å². The molecule has 7 rings (SSSR count). The second kappa shape index (κ2) is 5.01. The molecule has 4 aliphatic carbocycles. The number of hydrogen-bond acceptors (Lipinski definition) is 6. The molecule has 0 radical (unpaired) electrons. The molecule has 6 heteroatoms. The molecule has 4 fully saturated rings. The minimum atomic E-state index is -0.933. The molecule has 2 aliphatic heterocycles. The Bertz CT molecular complexity index is 965. The van der Waals surface area contributed by atoms with Gasteiger partial charge in [-0.25, -0.2) is 0 Å². The van der Waals surface area contributed by atoms with E-state index in [2.05, 4.69) is 6.19 Å². The van der Waals surface area contributed by atoms with E-state index in [0.717, 1.165) is 37.7 Å². The maximum atomic E-state index is 11.2. The van der Waals surface area contributed by atoms with Gasteiger partial charge >= 0.3 is 0 Å². The van der Waals surface area contributed by atoms with E-state index in [0.29, 0.717) is 12.3 Å². The SMILES string of the molecule is CO[C@]12CC[C@@]3(C[C@H]1C(C)(C)O)[C@H]1Cc4ccc(O)c5c4[C@@]3(CCN1C#N)[C@H]2O5. The molecule has 6 atom stereocenters. The van der Waals surface area contributed by atoms with E-state index in [1.165, 1.54) is 5.56 Å². The van der Waals surface area contributed by atoms with Crippen LogP contribution in [0, 0.1) is 22.8 Å². The van der Waals surface area contributed by atoms with Crippen LogP contribution in [-0.2, 0) is 16.6 Å². The van der Waals surface area contributed by atoms with E-state index in [4.69, 9.17) is 9.47 Å². The Hall–Kier alpha value is -1.97. The number of benzene rings is 1. The van der Waals surface area contributed by atoms with Crippen LogP contribution in [0.15, 0.2) is 12.1 Å². The van der Waals surface area contributed by atoms with Crippen molar-refractivity contribution in [2.75, 3.05) is 13.7 Å². The number of aliphatic hydroxyl groups is 1. The van der Waals surface area contributed by atoms with Gasteiger partial charge in [0.15, 0.2) is 17.7 Å². The second-order valence-corrected chi connectivity index (χ2v) is 10.4. The van der Waals surface area contributed by atoms with Gasteiger partial charge in [-0.1, -0.05) is 6.07 Å². The molecule has 2 N–H and O–H groups in total. The second-order valence-electron chi connectivity index (χ2n) is 10.4. The lowest BCUT2D eigenvalue weighted by Gasteiger charge is -2.74. The zero-order chi connectivity index (χ0) is 20.4. The third-order valence-corrected chi connectivity index (χ3v) is 9.34. The zero-order valence-electron chi connectivity index (χ0n) is 17.2. The highest BCUT2D eigenvalue weighted by molar-refractivity contribution is 5.63. The van der Waals surface area contributed by atoms with Gasteiger partial charge in [-0.15, -0.1) is 0 Å². The lowest BCUT2D eigenvalue weighted by molar-refractivity contribution is -0.297. The predicted octanol–water partition coefficient (Wildman–Crippen LogP) is 2.46. The summed E-state index contributed by atoms with van der Waals surface area (Å²) in [5.41, 5.74) is 0.364. The standard InChI is InChI=1S/C23H28N2O4/c1-20(2,27)15-11-21-6-7-23(15,28-3)19-22(21)8-9-25(12-24)16(21)10-13-4-5-14(26)18(29-19)17(13)22/h4-5,15-16,19,26-27H,6-11H2,1-3H3/t15-,16+,19+,21+,22-,23+/m0/s1. The first-order chi connectivity index (χ1) is 13.7. The van der Waals surface area contributed by atoms with Crippen molar-refractivity contribution in [1.82, 2.24) is 4.90 Å². The minimum absolute atomic E-state index is 0.0929. The van der Waals surface area contributed by atoms with Crippen molar-refractivity contribution < 1.29 is 19.7 Å². The number of nitriles is 1. The van der Waals surface area contributed by atoms with Crippen LogP contribution in [0.5, 0.6) is 11.5 Å². The first-order valence-corrected chi connectivity index (χ1v) is 10.7. The Morgan fingerprint density at radius 1 is 1.31 bits per heavy atom. The highest BCUT2D eigenvalue weighted by Crippen LogP contribution is 2.77. The maximum Gasteiger partial charge on any atom is 0.179 e. The van der Waals surface area contributed by atoms with E-state index in [-0.39, 0.29) is 34.6 Å². The van der Waals surface area contributed by atoms with Gasteiger partial charge in [-0.05, 0) is 57.6 Å². The molecular formula is C23H28N2O4. The van der Waals surface area contributed by atoms with E-state index in [1.807, 2.05) is 24.8 Å². The van der Waals surface area contributed by atoms with Gasteiger partial charge in [0.25, 0.3) is 0 Å². The fourth-order valence-corrected chi connectivity index (χ4v) is 8.41. The molecule has 1 aromatic carbocycles. The van der Waals surface area contributed by atoms with Gasteiger partial charge in [-0.3, -0.25) is 0 Å². The molecular weight excluding hydrogens is 368 g/mol. The summed E-state index contributed by atoms with van der Waals surface area (Å²) in [5, 5.41) is 31.8. The van der Waals surface area contributed by atoms with Crippen molar-refractivity contribution in [1.29, 1.82) is 5.26 Å². The summed E-state index contributed by atoms with van der Waals surface area (Å²) in [4.78, 5) is 1.97. The van der Waals surface area contributed by atoms with Crippen LogP contribution < -0.4 is 4.74 Å². The van der Waals surface area contributed by atoms with E-state index in [1.54, 1.807) is 13.2 Å². The number of nitrogens with zero attached hydrogens (tertiary/aromatic N) is 2. The summed E-state index contributed by atoms with van der Waals surface area (Å²) >= 11 is 0. The summed E-state index contributed by atoms with van der Waals surface area (Å²) in [6.07, 6.45) is 6.36. The molecule has 4 bridgehead atoms. The monoisotopic (exact) mass is 396 g/mol. The average molecular weight is 396 g/mol. The molecule has 0 aromatic heterocycles. The Morgan fingerprint density at radius 2 is 2.10 bits per heavy atom. The zero-order valence-corrected chi connectivity index (χ0v) is 17.2. The lowest BCUT2D eigenvalue weighted by atomic mass is 9.34. The van der Waals surface area contributed by atoms with Crippen LogP contribution in [0.25, 0.3) is 0 Å². The van der Waals surface area contributed by atoms with Crippen LogP contribution in [0.4, 0.5) is 0 Å². The molecule has 1 saturated heterocycles. The Labute approximate surface area is 171 Å². The molecule has 6 nitrogen and oxygen atoms in total. The normalized spacial score (nSPS) is 43.6. The van der Waals surface area contributed by atoms with E-state index >= 15 is 0 Å². The molecule has 1 aromatic rings. The van der Waals surface area contributed by atoms with Crippen LogP contribution >= 0.6 is 0 Å². The highest BCUT2D eigenvalue weighted by atomic mass is 16.6. The fourth-order valence-electron chi connectivity index (χ4n) is 8.41. The van der Waals surface area contributed by atoms with Gasteiger partial charge < -0.3 is 24.6 Å². The molecule has 3 saturated carbocycles. The third-order valence-electron chi connectivity index (χ3n) is 9.34. The fraction of sp³-hybridized carbons (Fsp3) is 0.696. The first kappa shape index (κ1) is 17.9. The molecule has 0 unspecified atom stereocenters. The van der Waals surface area contributed by atoms with E-state index < -0.39 is 11.2 Å². The van der Waals surface area contributed by atoms with E-state index in [9.17, 15) is 15.5 Å². The van der Waals surface area contributed by atoms with Gasteiger partial charge in [0.1, 0.15) is 11.7 Å². The van der Waals surface area contributed by atoms with Crippen molar-refractivity contribution in [2.45, 2.75) is 74.7 Å². The largest absolute Gasteiger partial charge is 0.504 e. The van der Waals surface area contributed by atoms with Crippen LogP contribution in [-0.4, -0.2) is 52.1 Å². The average Bonchev–Trinajstić information content (AvgIpc) is 3.06. The molecule has 29 heavy (non-hydrogen) atoms. The van der Waals surface area contributed by atoms with Crippen LogP contribution in [0.1, 0.15) is 50.7 Å². The Kier molecular flexibility index (Phi) is 3.09. The number of aromatic hydroxyl groups is 1. The maximum absolute atomic E-state index is 11.2. The lowest BCUT2D eigenvalue weighted by Crippen LogP contribution is -2.82. The number of phenols is 1. The van der Waals surface area contributed by atoms with Gasteiger partial charge in [0, 0.05) is 42.0 Å². The smallest absolute Gasteiger partial charge is 0.179 e. The Balaban J connectivity index is 1.69. The number of rotatable bonds is 2. The van der Waals surface area contributed by atoms with Gasteiger partial charge in [-0.2, -0.15) is 5.26 Å². The number of phenolic OH excluding ortho intramolecular Hbond substituents is 1. The van der Waals surface area contributed by atoms with Crippen LogP contribution in [0.3, 0.4) is 0 Å². The van der Waals surface area contributed by atoms with Crippen molar-refractivity contribution in [2.24, 2.45) is 11.3 Å². The molecule has 154 valence electrons. The quantitative estimate of drug-likeness (QED) is 0.747. The minimum Gasteiger partial charge on any atom is -0.504 e.